The van der Waals surface area contributed by atoms with Crippen molar-refractivity contribution in [1.82, 2.24) is 4.98 Å². The standard InChI is InChI=1S/C14H12N2O2/c1-10-7-15-8-12(16-9-17)14(10)11-5-3-4-6-13(11)18-2/h3-8H,1-2H3. The van der Waals surface area contributed by atoms with E-state index in [-0.39, 0.29) is 0 Å². The van der Waals surface area contributed by atoms with Crippen LogP contribution in [0.3, 0.4) is 0 Å². The molecule has 2 rings (SSSR count). The third-order valence-electron chi connectivity index (χ3n) is 2.66. The molecule has 1 aromatic heterocycles. The van der Waals surface area contributed by atoms with Gasteiger partial charge in [0.15, 0.2) is 0 Å². The molecule has 90 valence electrons. The third kappa shape index (κ3) is 2.14. The number of nitrogens with zero attached hydrogens (tertiary/aromatic N) is 2. The minimum atomic E-state index is 0.495. The first-order valence-electron chi connectivity index (χ1n) is 5.43. The van der Waals surface area contributed by atoms with Crippen molar-refractivity contribution in [2.24, 2.45) is 4.99 Å². The summed E-state index contributed by atoms with van der Waals surface area (Å²) < 4.78 is 5.33. The largest absolute Gasteiger partial charge is 0.496 e. The molecule has 0 spiro atoms. The zero-order chi connectivity index (χ0) is 13.0. The molecule has 0 fully saturated rings. The van der Waals surface area contributed by atoms with E-state index in [2.05, 4.69) is 9.98 Å². The molecule has 18 heavy (non-hydrogen) atoms. The SMILES string of the molecule is COc1ccccc1-c1c(C)cncc1N=C=O. The molecular weight excluding hydrogens is 228 g/mol. The van der Waals surface area contributed by atoms with E-state index in [0.29, 0.717) is 5.69 Å². The molecule has 0 bridgehead atoms. The number of rotatable bonds is 3. The highest BCUT2D eigenvalue weighted by molar-refractivity contribution is 5.82. The number of methoxy groups -OCH3 is 1. The predicted octanol–water partition coefficient (Wildman–Crippen LogP) is 3.03. The average Bonchev–Trinajstić information content (AvgIpc) is 2.39. The second-order valence-corrected chi connectivity index (χ2v) is 3.75. The summed E-state index contributed by atoms with van der Waals surface area (Å²) in [6.45, 7) is 1.92. The number of pyridine rings is 1. The Kier molecular flexibility index (Phi) is 3.51. The molecule has 4 heteroatoms. The fourth-order valence-corrected chi connectivity index (χ4v) is 1.89. The van der Waals surface area contributed by atoms with Crippen LogP contribution in [0.2, 0.25) is 0 Å². The minimum absolute atomic E-state index is 0.495. The number of hydrogen-bond acceptors (Lipinski definition) is 4. The smallest absolute Gasteiger partial charge is 0.240 e. The van der Waals surface area contributed by atoms with Crippen molar-refractivity contribution < 1.29 is 9.53 Å². The Bertz CT molecular complexity index is 617. The van der Waals surface area contributed by atoms with Crippen LogP contribution in [-0.2, 0) is 4.79 Å². The number of ether oxygens (including phenoxy) is 1. The van der Waals surface area contributed by atoms with E-state index >= 15 is 0 Å². The molecule has 0 saturated carbocycles. The monoisotopic (exact) mass is 240 g/mol. The van der Waals surface area contributed by atoms with Gasteiger partial charge in [-0.25, -0.2) is 4.79 Å². The Labute approximate surface area is 105 Å². The summed E-state index contributed by atoms with van der Waals surface area (Å²) in [7, 11) is 1.61. The maximum absolute atomic E-state index is 10.5. The van der Waals surface area contributed by atoms with Gasteiger partial charge in [-0.05, 0) is 18.6 Å². The summed E-state index contributed by atoms with van der Waals surface area (Å²) in [4.78, 5) is 18.2. The maximum Gasteiger partial charge on any atom is 0.240 e. The fourth-order valence-electron chi connectivity index (χ4n) is 1.89. The molecule has 0 N–H and O–H groups in total. The molecule has 0 saturated heterocycles. The summed E-state index contributed by atoms with van der Waals surface area (Å²) in [6.07, 6.45) is 4.82. The molecule has 4 nitrogen and oxygen atoms in total. The average molecular weight is 240 g/mol. The van der Waals surface area contributed by atoms with E-state index < -0.39 is 0 Å². The summed E-state index contributed by atoms with van der Waals surface area (Å²) in [5, 5.41) is 0. The van der Waals surface area contributed by atoms with Gasteiger partial charge < -0.3 is 4.74 Å². The van der Waals surface area contributed by atoms with E-state index in [1.54, 1.807) is 25.6 Å². The normalized spacial score (nSPS) is 9.67. The van der Waals surface area contributed by atoms with Crippen LogP contribution >= 0.6 is 0 Å². The van der Waals surface area contributed by atoms with E-state index in [0.717, 1.165) is 22.4 Å². The van der Waals surface area contributed by atoms with Crippen LogP contribution < -0.4 is 4.74 Å². The molecule has 1 aromatic carbocycles. The van der Waals surface area contributed by atoms with Gasteiger partial charge in [0.1, 0.15) is 11.4 Å². The zero-order valence-electron chi connectivity index (χ0n) is 10.2. The third-order valence-corrected chi connectivity index (χ3v) is 2.66. The molecule has 0 amide bonds. The van der Waals surface area contributed by atoms with Gasteiger partial charge in [-0.3, -0.25) is 4.98 Å². The number of aliphatic imine (C=N–C) groups is 1. The minimum Gasteiger partial charge on any atom is -0.496 e. The molecule has 0 aliphatic rings. The number of isocyanates is 1. The molecular formula is C14H12N2O2. The number of aryl methyl sites for hydroxylation is 1. The number of hydrogen-bond donors (Lipinski definition) is 0. The molecule has 0 atom stereocenters. The Balaban J connectivity index is 2.73. The quantitative estimate of drug-likeness (QED) is 0.612. The van der Waals surface area contributed by atoms with Gasteiger partial charge in [-0.15, -0.1) is 0 Å². The van der Waals surface area contributed by atoms with Crippen LogP contribution in [0.15, 0.2) is 41.7 Å². The van der Waals surface area contributed by atoms with Crippen molar-refractivity contribution in [3.05, 3.63) is 42.2 Å². The second-order valence-electron chi connectivity index (χ2n) is 3.75. The lowest BCUT2D eigenvalue weighted by Gasteiger charge is -2.12. The van der Waals surface area contributed by atoms with Crippen molar-refractivity contribution >= 4 is 11.8 Å². The van der Waals surface area contributed by atoms with Crippen molar-refractivity contribution in [3.63, 3.8) is 0 Å². The van der Waals surface area contributed by atoms with E-state index in [4.69, 9.17) is 4.74 Å². The molecule has 0 unspecified atom stereocenters. The van der Waals surface area contributed by atoms with Crippen LogP contribution in [0.5, 0.6) is 5.75 Å². The van der Waals surface area contributed by atoms with E-state index in [1.165, 1.54) is 0 Å². The first kappa shape index (κ1) is 12.0. The second kappa shape index (κ2) is 5.25. The Hall–Kier alpha value is -2.45. The number of benzene rings is 1. The van der Waals surface area contributed by atoms with Gasteiger partial charge in [0, 0.05) is 17.3 Å². The molecule has 2 aromatic rings. The Morgan fingerprint density at radius 2 is 2.06 bits per heavy atom. The van der Waals surface area contributed by atoms with Crippen molar-refractivity contribution in [2.45, 2.75) is 6.92 Å². The first-order chi connectivity index (χ1) is 8.77. The molecule has 1 heterocycles. The summed E-state index contributed by atoms with van der Waals surface area (Å²) >= 11 is 0. The van der Waals surface area contributed by atoms with Crippen LogP contribution in [-0.4, -0.2) is 18.2 Å². The lowest BCUT2D eigenvalue weighted by molar-refractivity contribution is 0.416. The molecule has 0 aliphatic carbocycles. The summed E-state index contributed by atoms with van der Waals surface area (Å²) in [6, 6.07) is 7.59. The van der Waals surface area contributed by atoms with Gasteiger partial charge >= 0.3 is 0 Å². The van der Waals surface area contributed by atoms with Crippen molar-refractivity contribution in [2.75, 3.05) is 7.11 Å². The Morgan fingerprint density at radius 1 is 1.28 bits per heavy atom. The fraction of sp³-hybridized carbons (Fsp3) is 0.143. The summed E-state index contributed by atoms with van der Waals surface area (Å²) in [5.41, 5.74) is 3.14. The highest BCUT2D eigenvalue weighted by Crippen LogP contribution is 2.37. The van der Waals surface area contributed by atoms with Crippen LogP contribution in [0.4, 0.5) is 5.69 Å². The van der Waals surface area contributed by atoms with E-state index in [1.807, 2.05) is 31.2 Å². The number of para-hydroxylation sites is 1. The zero-order valence-corrected chi connectivity index (χ0v) is 10.2. The predicted molar refractivity (Wildman–Crippen MR) is 68.7 cm³/mol. The molecule has 0 aliphatic heterocycles. The number of aromatic nitrogens is 1. The van der Waals surface area contributed by atoms with Crippen LogP contribution in [0.1, 0.15) is 5.56 Å². The van der Waals surface area contributed by atoms with Gasteiger partial charge in [-0.2, -0.15) is 4.99 Å². The van der Waals surface area contributed by atoms with Crippen molar-refractivity contribution in [1.29, 1.82) is 0 Å². The van der Waals surface area contributed by atoms with Crippen molar-refractivity contribution in [3.8, 4) is 16.9 Å². The van der Waals surface area contributed by atoms with E-state index in [9.17, 15) is 4.79 Å². The van der Waals surface area contributed by atoms with Gasteiger partial charge in [-0.1, -0.05) is 18.2 Å². The lowest BCUT2D eigenvalue weighted by Crippen LogP contribution is -1.91. The molecule has 0 radical (unpaired) electrons. The topological polar surface area (TPSA) is 51.6 Å². The maximum atomic E-state index is 10.5. The summed E-state index contributed by atoms with van der Waals surface area (Å²) in [5.74, 6) is 0.731. The van der Waals surface area contributed by atoms with Gasteiger partial charge in [0.2, 0.25) is 6.08 Å². The van der Waals surface area contributed by atoms with Gasteiger partial charge in [0.25, 0.3) is 0 Å². The lowest BCUT2D eigenvalue weighted by atomic mass is 10.00. The Morgan fingerprint density at radius 3 is 2.78 bits per heavy atom. The van der Waals surface area contributed by atoms with Crippen LogP contribution in [0.25, 0.3) is 11.1 Å². The van der Waals surface area contributed by atoms with Crippen LogP contribution in [0, 0.1) is 6.92 Å². The first-order valence-corrected chi connectivity index (χ1v) is 5.43. The number of carbonyl (C=O) groups excluding carboxylic acids is 1. The highest BCUT2D eigenvalue weighted by Gasteiger charge is 2.12. The highest BCUT2D eigenvalue weighted by atomic mass is 16.5. The van der Waals surface area contributed by atoms with Gasteiger partial charge in [0.05, 0.1) is 13.3 Å².